The molecule has 5 heteroatoms. The van der Waals surface area contributed by atoms with E-state index in [0.29, 0.717) is 6.54 Å². The molecule has 0 aliphatic carbocycles. The number of β-amino-alcohol motifs (C(OH)–C–C–N with tert-alkyl or cyclic N) is 1. The van der Waals surface area contributed by atoms with E-state index in [4.69, 9.17) is 4.74 Å². The van der Waals surface area contributed by atoms with Gasteiger partial charge in [-0.15, -0.1) is 0 Å². The van der Waals surface area contributed by atoms with Crippen LogP contribution >= 0.6 is 0 Å². The Balaban J connectivity index is 1.81. The van der Waals surface area contributed by atoms with E-state index in [2.05, 4.69) is 10.00 Å². The van der Waals surface area contributed by atoms with Gasteiger partial charge in [-0.05, 0) is 31.9 Å². The van der Waals surface area contributed by atoms with Gasteiger partial charge in [-0.3, -0.25) is 4.90 Å². The van der Waals surface area contributed by atoms with Gasteiger partial charge in [0.05, 0.1) is 24.5 Å². The lowest BCUT2D eigenvalue weighted by molar-refractivity contribution is 0.105. The topological polar surface area (TPSA) is 50.5 Å². The van der Waals surface area contributed by atoms with Crippen LogP contribution in [0.2, 0.25) is 0 Å². The molecule has 3 rings (SSSR count). The van der Waals surface area contributed by atoms with Crippen LogP contribution in [0.3, 0.4) is 0 Å². The van der Waals surface area contributed by atoms with Crippen molar-refractivity contribution in [2.75, 3.05) is 20.2 Å². The van der Waals surface area contributed by atoms with Crippen LogP contribution in [0, 0.1) is 6.92 Å². The summed E-state index contributed by atoms with van der Waals surface area (Å²) in [4.78, 5) is 2.35. The van der Waals surface area contributed by atoms with Gasteiger partial charge in [0.25, 0.3) is 0 Å². The quantitative estimate of drug-likeness (QED) is 0.921. The molecule has 2 heterocycles. The van der Waals surface area contributed by atoms with Crippen LogP contribution in [0.4, 0.5) is 0 Å². The second kappa shape index (κ2) is 6.72. The highest BCUT2D eigenvalue weighted by atomic mass is 16.5. The van der Waals surface area contributed by atoms with Crippen molar-refractivity contribution in [3.05, 3.63) is 47.2 Å². The maximum atomic E-state index is 10.6. The minimum atomic E-state index is -0.472. The minimum Gasteiger partial charge on any atom is -0.481 e. The number of hydrogen-bond acceptors (Lipinski definition) is 4. The molecule has 23 heavy (non-hydrogen) atoms. The number of rotatable bonds is 5. The first-order valence-corrected chi connectivity index (χ1v) is 8.16. The van der Waals surface area contributed by atoms with Gasteiger partial charge in [-0.25, -0.2) is 4.68 Å². The van der Waals surface area contributed by atoms with Crippen molar-refractivity contribution in [1.29, 1.82) is 0 Å². The van der Waals surface area contributed by atoms with E-state index in [-0.39, 0.29) is 6.04 Å². The summed E-state index contributed by atoms with van der Waals surface area (Å²) in [6, 6.07) is 10.1. The monoisotopic (exact) mass is 315 g/mol. The molecule has 5 nitrogen and oxygen atoms in total. The summed E-state index contributed by atoms with van der Waals surface area (Å²) in [6.07, 6.45) is 1.73. The third-order valence-electron chi connectivity index (χ3n) is 4.70. The highest BCUT2D eigenvalue weighted by Gasteiger charge is 2.33. The van der Waals surface area contributed by atoms with E-state index >= 15 is 0 Å². The number of aliphatic hydroxyl groups is 1. The first kappa shape index (κ1) is 16.0. The van der Waals surface area contributed by atoms with E-state index in [9.17, 15) is 5.11 Å². The molecule has 1 fully saturated rings. The number of aliphatic hydroxyl groups excluding tert-OH is 1. The number of aryl methyl sites for hydroxylation is 2. The van der Waals surface area contributed by atoms with Crippen LogP contribution in [-0.4, -0.2) is 40.0 Å². The van der Waals surface area contributed by atoms with Crippen molar-refractivity contribution in [2.24, 2.45) is 7.05 Å². The first-order chi connectivity index (χ1) is 11.1. The first-order valence-electron chi connectivity index (χ1n) is 8.16. The van der Waals surface area contributed by atoms with Crippen molar-refractivity contribution in [3.63, 3.8) is 0 Å². The molecule has 0 spiro atoms. The Labute approximate surface area is 137 Å². The number of methoxy groups -OCH3 is 1. The minimum absolute atomic E-state index is 0.261. The average molecular weight is 315 g/mol. The predicted octanol–water partition coefficient (Wildman–Crippen LogP) is 2.61. The highest BCUT2D eigenvalue weighted by molar-refractivity contribution is 5.35. The van der Waals surface area contributed by atoms with Gasteiger partial charge in [0, 0.05) is 19.6 Å². The van der Waals surface area contributed by atoms with Crippen LogP contribution in [0.15, 0.2) is 30.3 Å². The fourth-order valence-corrected chi connectivity index (χ4v) is 3.65. The van der Waals surface area contributed by atoms with Crippen LogP contribution in [0.5, 0.6) is 5.88 Å². The van der Waals surface area contributed by atoms with Gasteiger partial charge in [0.2, 0.25) is 5.88 Å². The Morgan fingerprint density at radius 2 is 2.09 bits per heavy atom. The average Bonchev–Trinajstić information content (AvgIpc) is 3.11. The molecule has 0 unspecified atom stereocenters. The van der Waals surface area contributed by atoms with Crippen molar-refractivity contribution in [1.82, 2.24) is 14.7 Å². The van der Waals surface area contributed by atoms with Gasteiger partial charge >= 0.3 is 0 Å². The van der Waals surface area contributed by atoms with Gasteiger partial charge in [0.1, 0.15) is 0 Å². The largest absolute Gasteiger partial charge is 0.481 e. The molecule has 1 N–H and O–H groups in total. The van der Waals surface area contributed by atoms with E-state index in [1.165, 1.54) is 0 Å². The van der Waals surface area contributed by atoms with Gasteiger partial charge in [0.15, 0.2) is 0 Å². The lowest BCUT2D eigenvalue weighted by Gasteiger charge is -2.27. The van der Waals surface area contributed by atoms with Crippen molar-refractivity contribution in [3.8, 4) is 5.88 Å². The third kappa shape index (κ3) is 3.12. The Morgan fingerprint density at radius 3 is 2.78 bits per heavy atom. The van der Waals surface area contributed by atoms with E-state index < -0.39 is 6.10 Å². The molecule has 0 bridgehead atoms. The maximum absolute atomic E-state index is 10.6. The summed E-state index contributed by atoms with van der Waals surface area (Å²) in [5.74, 6) is 0.827. The molecular formula is C18H25N3O2. The van der Waals surface area contributed by atoms with Crippen LogP contribution < -0.4 is 4.74 Å². The second-order valence-corrected chi connectivity index (χ2v) is 6.21. The molecule has 2 aromatic rings. The highest BCUT2D eigenvalue weighted by Crippen LogP contribution is 2.39. The standard InChI is InChI=1S/C18H25N3O2/c1-13-17(18(23-3)20(2)19-13)15-10-7-11-21(15)12-16(22)14-8-5-4-6-9-14/h4-6,8-9,15-16,22H,7,10-12H2,1-3H3/t15-,16-/m1/s1. The van der Waals surface area contributed by atoms with Crippen LogP contribution in [0.1, 0.15) is 41.8 Å². The summed E-state index contributed by atoms with van der Waals surface area (Å²) in [5, 5.41) is 15.1. The lowest BCUT2D eigenvalue weighted by Crippen LogP contribution is -2.28. The number of nitrogens with zero attached hydrogens (tertiary/aromatic N) is 3. The van der Waals surface area contributed by atoms with Crippen molar-refractivity contribution in [2.45, 2.75) is 31.9 Å². The molecule has 1 aliphatic rings. The van der Waals surface area contributed by atoms with E-state index in [1.807, 2.05) is 44.3 Å². The molecule has 2 atom stereocenters. The number of ether oxygens (including phenoxy) is 1. The number of likely N-dealkylation sites (tertiary alicyclic amines) is 1. The summed E-state index contributed by atoms with van der Waals surface area (Å²) >= 11 is 0. The van der Waals surface area contributed by atoms with Gasteiger partial charge in [-0.1, -0.05) is 30.3 Å². The lowest BCUT2D eigenvalue weighted by atomic mass is 10.0. The second-order valence-electron chi connectivity index (χ2n) is 6.21. The maximum Gasteiger partial charge on any atom is 0.216 e. The van der Waals surface area contributed by atoms with Crippen molar-refractivity contribution >= 4 is 0 Å². The van der Waals surface area contributed by atoms with Crippen molar-refractivity contribution < 1.29 is 9.84 Å². The zero-order valence-corrected chi connectivity index (χ0v) is 14.1. The molecule has 0 saturated carbocycles. The molecule has 124 valence electrons. The fourth-order valence-electron chi connectivity index (χ4n) is 3.65. The summed E-state index contributed by atoms with van der Waals surface area (Å²) in [6.45, 7) is 3.65. The Morgan fingerprint density at radius 1 is 1.35 bits per heavy atom. The van der Waals surface area contributed by atoms with E-state index in [1.54, 1.807) is 11.8 Å². The Kier molecular flexibility index (Phi) is 4.68. The smallest absolute Gasteiger partial charge is 0.216 e. The summed E-state index contributed by atoms with van der Waals surface area (Å²) < 4.78 is 7.36. The molecule has 1 aliphatic heterocycles. The predicted molar refractivity (Wildman–Crippen MR) is 89.4 cm³/mol. The normalized spacial score (nSPS) is 19.9. The third-order valence-corrected chi connectivity index (χ3v) is 4.70. The van der Waals surface area contributed by atoms with Gasteiger partial charge in [-0.2, -0.15) is 5.10 Å². The number of hydrogen-bond donors (Lipinski definition) is 1. The summed E-state index contributed by atoms with van der Waals surface area (Å²) in [5.41, 5.74) is 3.14. The SMILES string of the molecule is COc1c([C@H]2CCCN2C[C@@H](O)c2ccccc2)c(C)nn1C. The fraction of sp³-hybridized carbons (Fsp3) is 0.500. The Hall–Kier alpha value is -1.85. The molecule has 1 saturated heterocycles. The summed E-state index contributed by atoms with van der Waals surface area (Å²) in [7, 11) is 3.60. The Bertz CT molecular complexity index is 654. The molecule has 0 amide bonds. The zero-order valence-electron chi connectivity index (χ0n) is 14.1. The molecular weight excluding hydrogens is 290 g/mol. The molecule has 0 radical (unpaired) electrons. The van der Waals surface area contributed by atoms with E-state index in [0.717, 1.165) is 42.1 Å². The van der Waals surface area contributed by atoms with Crippen LogP contribution in [0.25, 0.3) is 0 Å². The molecule has 1 aromatic carbocycles. The number of aromatic nitrogens is 2. The van der Waals surface area contributed by atoms with Crippen LogP contribution in [-0.2, 0) is 7.05 Å². The zero-order chi connectivity index (χ0) is 16.4. The number of benzene rings is 1. The molecule has 1 aromatic heterocycles. The van der Waals surface area contributed by atoms with Gasteiger partial charge < -0.3 is 9.84 Å².